The van der Waals surface area contributed by atoms with E-state index in [4.69, 9.17) is 0 Å². The Bertz CT molecular complexity index is 880. The van der Waals surface area contributed by atoms with Crippen molar-refractivity contribution in [1.29, 1.82) is 0 Å². The standard InChI is InChI=1S/C18H21FN6/c1-12-14(10-24(2)23-12)9-20-16-7-8-17-21-22-18(25(17)11-16)13-3-5-15(19)6-4-13/h3-6,10,16,20H,7-9,11H2,1-2H3/t16-/m0/s1. The van der Waals surface area contributed by atoms with E-state index in [0.29, 0.717) is 6.04 Å². The van der Waals surface area contributed by atoms with Crippen molar-refractivity contribution in [3.8, 4) is 11.4 Å². The number of aryl methyl sites for hydroxylation is 3. The molecule has 6 nitrogen and oxygen atoms in total. The van der Waals surface area contributed by atoms with Gasteiger partial charge in [-0.2, -0.15) is 5.10 Å². The van der Waals surface area contributed by atoms with E-state index in [2.05, 4.69) is 31.4 Å². The lowest BCUT2D eigenvalue weighted by Gasteiger charge is -2.25. The van der Waals surface area contributed by atoms with Crippen LogP contribution in [0.25, 0.3) is 11.4 Å². The van der Waals surface area contributed by atoms with Gasteiger partial charge in [-0.15, -0.1) is 10.2 Å². The first-order valence-electron chi connectivity index (χ1n) is 8.50. The van der Waals surface area contributed by atoms with Gasteiger partial charge in [-0.3, -0.25) is 4.68 Å². The molecule has 1 aliphatic rings. The fraction of sp³-hybridized carbons (Fsp3) is 0.389. The lowest BCUT2D eigenvalue weighted by molar-refractivity contribution is 0.380. The molecule has 130 valence electrons. The van der Waals surface area contributed by atoms with Crippen LogP contribution in [0.4, 0.5) is 4.39 Å². The molecule has 2 aromatic heterocycles. The minimum absolute atomic E-state index is 0.242. The Hall–Kier alpha value is -2.54. The average Bonchev–Trinajstić information content (AvgIpc) is 3.16. The predicted molar refractivity (Wildman–Crippen MR) is 92.3 cm³/mol. The maximum absolute atomic E-state index is 13.2. The van der Waals surface area contributed by atoms with Crippen molar-refractivity contribution in [1.82, 2.24) is 29.9 Å². The van der Waals surface area contributed by atoms with Crippen LogP contribution in [0.15, 0.2) is 30.5 Å². The number of hydrogen-bond donors (Lipinski definition) is 1. The first-order chi connectivity index (χ1) is 12.1. The molecular formula is C18H21FN6. The van der Waals surface area contributed by atoms with Crippen LogP contribution in [0.1, 0.15) is 23.5 Å². The molecule has 0 amide bonds. The van der Waals surface area contributed by atoms with Crippen molar-refractivity contribution in [2.24, 2.45) is 7.05 Å². The molecule has 0 bridgehead atoms. The Labute approximate surface area is 145 Å². The molecule has 0 fully saturated rings. The van der Waals surface area contributed by atoms with Crippen LogP contribution in [0, 0.1) is 12.7 Å². The summed E-state index contributed by atoms with van der Waals surface area (Å²) in [7, 11) is 1.94. The van der Waals surface area contributed by atoms with Gasteiger partial charge in [-0.25, -0.2) is 4.39 Å². The number of benzene rings is 1. The summed E-state index contributed by atoms with van der Waals surface area (Å²) < 4.78 is 17.2. The monoisotopic (exact) mass is 340 g/mol. The van der Waals surface area contributed by atoms with E-state index in [0.717, 1.165) is 48.8 Å². The van der Waals surface area contributed by atoms with E-state index in [9.17, 15) is 4.39 Å². The molecule has 25 heavy (non-hydrogen) atoms. The third-order valence-electron chi connectivity index (χ3n) is 4.75. The topological polar surface area (TPSA) is 60.6 Å². The first kappa shape index (κ1) is 16.0. The zero-order chi connectivity index (χ0) is 17.4. The largest absolute Gasteiger partial charge is 0.309 e. The normalized spacial score (nSPS) is 16.8. The van der Waals surface area contributed by atoms with Crippen LogP contribution in [0.2, 0.25) is 0 Å². The van der Waals surface area contributed by atoms with Crippen molar-refractivity contribution in [2.75, 3.05) is 0 Å². The summed E-state index contributed by atoms with van der Waals surface area (Å²) in [5.41, 5.74) is 3.17. The molecule has 1 aromatic carbocycles. The van der Waals surface area contributed by atoms with Crippen molar-refractivity contribution < 1.29 is 4.39 Å². The molecule has 0 unspecified atom stereocenters. The van der Waals surface area contributed by atoms with Gasteiger partial charge in [0.2, 0.25) is 0 Å². The number of nitrogens with one attached hydrogen (secondary N) is 1. The molecule has 7 heteroatoms. The lowest BCUT2D eigenvalue weighted by atomic mass is 10.1. The van der Waals surface area contributed by atoms with Crippen LogP contribution in [0.3, 0.4) is 0 Å². The van der Waals surface area contributed by atoms with Crippen molar-refractivity contribution >= 4 is 0 Å². The van der Waals surface area contributed by atoms with Gasteiger partial charge in [0.1, 0.15) is 11.6 Å². The maximum Gasteiger partial charge on any atom is 0.164 e. The second-order valence-electron chi connectivity index (χ2n) is 6.59. The van der Waals surface area contributed by atoms with E-state index >= 15 is 0 Å². The van der Waals surface area contributed by atoms with Gasteiger partial charge in [-0.1, -0.05) is 0 Å². The van der Waals surface area contributed by atoms with E-state index in [1.807, 2.05) is 18.7 Å². The number of hydrogen-bond acceptors (Lipinski definition) is 4. The number of aromatic nitrogens is 5. The highest BCUT2D eigenvalue weighted by atomic mass is 19.1. The molecular weight excluding hydrogens is 319 g/mol. The van der Waals surface area contributed by atoms with E-state index in [-0.39, 0.29) is 5.82 Å². The highest BCUT2D eigenvalue weighted by Gasteiger charge is 2.23. The number of halogens is 1. The summed E-state index contributed by atoms with van der Waals surface area (Å²) in [5.74, 6) is 1.56. The first-order valence-corrected chi connectivity index (χ1v) is 8.50. The summed E-state index contributed by atoms with van der Waals surface area (Å²) in [6.45, 7) is 3.64. The Kier molecular flexibility index (Phi) is 4.09. The summed E-state index contributed by atoms with van der Waals surface area (Å²) >= 11 is 0. The summed E-state index contributed by atoms with van der Waals surface area (Å²) in [6, 6.07) is 6.77. The predicted octanol–water partition coefficient (Wildman–Crippen LogP) is 2.23. The zero-order valence-corrected chi connectivity index (χ0v) is 14.4. The molecule has 0 spiro atoms. The number of nitrogens with zero attached hydrogens (tertiary/aromatic N) is 5. The molecule has 3 aromatic rings. The number of fused-ring (bicyclic) bond motifs is 1. The highest BCUT2D eigenvalue weighted by molar-refractivity contribution is 5.55. The van der Waals surface area contributed by atoms with Crippen LogP contribution in [0.5, 0.6) is 0 Å². The minimum Gasteiger partial charge on any atom is -0.309 e. The second kappa shape index (κ2) is 6.40. The average molecular weight is 340 g/mol. The van der Waals surface area contributed by atoms with E-state index < -0.39 is 0 Å². The SMILES string of the molecule is Cc1nn(C)cc1CN[C@H]1CCc2nnc(-c3ccc(F)cc3)n2C1. The Morgan fingerprint density at radius 1 is 1.24 bits per heavy atom. The fourth-order valence-corrected chi connectivity index (χ4v) is 3.38. The summed E-state index contributed by atoms with van der Waals surface area (Å²) in [4.78, 5) is 0. The Morgan fingerprint density at radius 3 is 2.76 bits per heavy atom. The Morgan fingerprint density at radius 2 is 2.04 bits per heavy atom. The second-order valence-corrected chi connectivity index (χ2v) is 6.59. The summed E-state index contributed by atoms with van der Waals surface area (Å²) in [6.07, 6.45) is 3.97. The van der Waals surface area contributed by atoms with Gasteiger partial charge in [0.05, 0.1) is 5.69 Å². The molecule has 0 aliphatic carbocycles. The van der Waals surface area contributed by atoms with Gasteiger partial charge in [0, 0.05) is 49.9 Å². The van der Waals surface area contributed by atoms with Gasteiger partial charge < -0.3 is 9.88 Å². The van der Waals surface area contributed by atoms with Crippen molar-refractivity contribution in [2.45, 2.75) is 38.9 Å². The third kappa shape index (κ3) is 3.19. The molecule has 1 N–H and O–H groups in total. The van der Waals surface area contributed by atoms with Gasteiger partial charge >= 0.3 is 0 Å². The highest BCUT2D eigenvalue weighted by Crippen LogP contribution is 2.23. The van der Waals surface area contributed by atoms with E-state index in [1.165, 1.54) is 17.7 Å². The van der Waals surface area contributed by atoms with Crippen LogP contribution < -0.4 is 5.32 Å². The van der Waals surface area contributed by atoms with Crippen molar-refractivity contribution in [3.63, 3.8) is 0 Å². The van der Waals surface area contributed by atoms with Crippen molar-refractivity contribution in [3.05, 3.63) is 53.4 Å². The molecule has 4 rings (SSSR count). The van der Waals surface area contributed by atoms with E-state index in [1.54, 1.807) is 12.1 Å². The molecule has 0 saturated heterocycles. The van der Waals surface area contributed by atoms with Gasteiger partial charge in [-0.05, 0) is 37.6 Å². The fourth-order valence-electron chi connectivity index (χ4n) is 3.38. The molecule has 0 radical (unpaired) electrons. The quantitative estimate of drug-likeness (QED) is 0.791. The maximum atomic E-state index is 13.2. The minimum atomic E-state index is -0.242. The van der Waals surface area contributed by atoms with Crippen LogP contribution >= 0.6 is 0 Å². The molecule has 0 saturated carbocycles. The zero-order valence-electron chi connectivity index (χ0n) is 14.4. The van der Waals surface area contributed by atoms with Crippen LogP contribution in [-0.2, 0) is 26.6 Å². The Balaban J connectivity index is 1.49. The van der Waals surface area contributed by atoms with Gasteiger partial charge in [0.15, 0.2) is 5.82 Å². The lowest BCUT2D eigenvalue weighted by Crippen LogP contribution is -2.37. The number of rotatable bonds is 4. The third-order valence-corrected chi connectivity index (χ3v) is 4.75. The summed E-state index contributed by atoms with van der Waals surface area (Å²) in [5, 5.41) is 16.6. The molecule has 1 aliphatic heterocycles. The van der Waals surface area contributed by atoms with Gasteiger partial charge in [0.25, 0.3) is 0 Å². The smallest absolute Gasteiger partial charge is 0.164 e. The van der Waals surface area contributed by atoms with Crippen LogP contribution in [-0.4, -0.2) is 30.6 Å². The molecule has 3 heterocycles. The molecule has 1 atom stereocenters.